The number of aromatic nitrogens is 1. The number of hydrogen-bond donors (Lipinski definition) is 0. The molecule has 1 aromatic heterocycles. The summed E-state index contributed by atoms with van der Waals surface area (Å²) >= 11 is 6.53. The van der Waals surface area contributed by atoms with E-state index in [2.05, 4.69) is 18.7 Å². The van der Waals surface area contributed by atoms with Gasteiger partial charge >= 0.3 is 5.97 Å². The lowest BCUT2D eigenvalue weighted by atomic mass is 9.82. The highest BCUT2D eigenvalue weighted by Crippen LogP contribution is 2.46. The molecule has 0 unspecified atom stereocenters. The number of ether oxygens (including phenoxy) is 3. The summed E-state index contributed by atoms with van der Waals surface area (Å²) in [7, 11) is 1.61. The van der Waals surface area contributed by atoms with Crippen LogP contribution in [-0.4, -0.2) is 42.9 Å². The molecule has 1 fully saturated rings. The second kappa shape index (κ2) is 11.0. The van der Waals surface area contributed by atoms with Crippen LogP contribution in [0, 0.1) is 12.3 Å². The van der Waals surface area contributed by atoms with Crippen LogP contribution in [0.2, 0.25) is 5.02 Å². The molecule has 2 heterocycles. The monoisotopic (exact) mass is 516 g/mol. The summed E-state index contributed by atoms with van der Waals surface area (Å²) in [5.41, 5.74) is 3.74. The number of methoxy groups -OCH3 is 1. The van der Waals surface area contributed by atoms with E-state index in [0.29, 0.717) is 10.8 Å². The largest absolute Gasteiger partial charge is 0.495 e. The highest BCUT2D eigenvalue weighted by molar-refractivity contribution is 6.32. The summed E-state index contributed by atoms with van der Waals surface area (Å²) in [4.78, 5) is 20.6. The first-order valence-electron chi connectivity index (χ1n) is 12.7. The predicted octanol–water partition coefficient (Wildman–Crippen LogP) is 7.15. The van der Waals surface area contributed by atoms with Gasteiger partial charge in [-0.05, 0) is 65.9 Å². The fourth-order valence-electron chi connectivity index (χ4n) is 4.60. The maximum Gasteiger partial charge on any atom is 0.340 e. The lowest BCUT2D eigenvalue weighted by Gasteiger charge is -2.41. The Balaban J connectivity index is 2.32. The van der Waals surface area contributed by atoms with Gasteiger partial charge in [-0.3, -0.25) is 4.98 Å². The van der Waals surface area contributed by atoms with Crippen LogP contribution in [-0.2, 0) is 14.3 Å². The summed E-state index contributed by atoms with van der Waals surface area (Å²) in [6.45, 7) is 17.7. The molecule has 0 spiro atoms. The molecular formula is C29H41ClN2O4. The van der Waals surface area contributed by atoms with Crippen molar-refractivity contribution < 1.29 is 19.0 Å². The number of esters is 1. The molecule has 1 atom stereocenters. The molecule has 7 heteroatoms. The maximum absolute atomic E-state index is 13.5. The molecule has 1 aromatic carbocycles. The minimum atomic E-state index is -0.935. The van der Waals surface area contributed by atoms with E-state index in [0.717, 1.165) is 54.0 Å². The molecule has 198 valence electrons. The van der Waals surface area contributed by atoms with Gasteiger partial charge in [0.1, 0.15) is 5.75 Å². The zero-order chi connectivity index (χ0) is 26.8. The number of piperidine rings is 1. The van der Waals surface area contributed by atoms with E-state index in [9.17, 15) is 4.79 Å². The van der Waals surface area contributed by atoms with Crippen LogP contribution in [0.1, 0.15) is 78.7 Å². The Morgan fingerprint density at radius 2 is 1.78 bits per heavy atom. The van der Waals surface area contributed by atoms with Crippen molar-refractivity contribution in [1.82, 2.24) is 4.98 Å². The molecule has 6 nitrogen and oxygen atoms in total. The van der Waals surface area contributed by atoms with Crippen molar-refractivity contribution in [3.05, 3.63) is 40.7 Å². The summed E-state index contributed by atoms with van der Waals surface area (Å²) < 4.78 is 17.8. The van der Waals surface area contributed by atoms with E-state index in [-0.39, 0.29) is 11.5 Å². The van der Waals surface area contributed by atoms with Crippen molar-refractivity contribution in [3.8, 4) is 16.9 Å². The Labute approximate surface area is 221 Å². The summed E-state index contributed by atoms with van der Waals surface area (Å²) in [6.07, 6.45) is 2.70. The average molecular weight is 517 g/mol. The second-order valence-corrected chi connectivity index (χ2v) is 12.0. The smallest absolute Gasteiger partial charge is 0.340 e. The van der Waals surface area contributed by atoms with Gasteiger partial charge in [-0.2, -0.15) is 0 Å². The lowest BCUT2D eigenvalue weighted by Crippen LogP contribution is -2.39. The van der Waals surface area contributed by atoms with Crippen LogP contribution in [0.15, 0.2) is 24.4 Å². The molecule has 36 heavy (non-hydrogen) atoms. The summed E-state index contributed by atoms with van der Waals surface area (Å²) in [5.74, 6) is 0.158. The SMILES string of the molecule is COc1c(Cl)cccc1-c1cnc(C)c([C@H](OC(C)(C)C)C(=O)OC(C)C)c1N1CCC(C)(C)CC1. The molecule has 0 aliphatic carbocycles. The minimum absolute atomic E-state index is 0.254. The molecule has 0 saturated carbocycles. The first kappa shape index (κ1) is 28.3. The third-order valence-electron chi connectivity index (χ3n) is 6.48. The number of hydrogen-bond acceptors (Lipinski definition) is 6. The zero-order valence-electron chi connectivity index (χ0n) is 23.2. The van der Waals surface area contributed by atoms with Crippen LogP contribution in [0.3, 0.4) is 0 Å². The van der Waals surface area contributed by atoms with Crippen molar-refractivity contribution in [2.24, 2.45) is 5.41 Å². The fourth-order valence-corrected chi connectivity index (χ4v) is 4.85. The van der Waals surface area contributed by atoms with Gasteiger partial charge in [0.05, 0.1) is 29.5 Å². The van der Waals surface area contributed by atoms with Crippen molar-refractivity contribution in [2.75, 3.05) is 25.1 Å². The molecule has 0 radical (unpaired) electrons. The molecular weight excluding hydrogens is 476 g/mol. The van der Waals surface area contributed by atoms with Crippen molar-refractivity contribution >= 4 is 23.3 Å². The van der Waals surface area contributed by atoms with Gasteiger partial charge in [-0.25, -0.2) is 4.79 Å². The number of halogens is 1. The molecule has 0 N–H and O–H groups in total. The third-order valence-corrected chi connectivity index (χ3v) is 6.78. The normalized spacial score (nSPS) is 16.7. The predicted molar refractivity (Wildman–Crippen MR) is 146 cm³/mol. The van der Waals surface area contributed by atoms with Crippen LogP contribution in [0.5, 0.6) is 5.75 Å². The highest BCUT2D eigenvalue weighted by atomic mass is 35.5. The van der Waals surface area contributed by atoms with Crippen molar-refractivity contribution in [1.29, 1.82) is 0 Å². The molecule has 1 saturated heterocycles. The Bertz CT molecular complexity index is 1080. The highest BCUT2D eigenvalue weighted by Gasteiger charge is 2.37. The number of pyridine rings is 1. The van der Waals surface area contributed by atoms with Crippen LogP contribution >= 0.6 is 11.6 Å². The molecule has 2 aromatic rings. The Kier molecular flexibility index (Phi) is 8.62. The van der Waals surface area contributed by atoms with Crippen LogP contribution in [0.4, 0.5) is 5.69 Å². The topological polar surface area (TPSA) is 60.9 Å². The van der Waals surface area contributed by atoms with Gasteiger partial charge in [0.25, 0.3) is 0 Å². The molecule has 1 aliphatic rings. The quantitative estimate of drug-likeness (QED) is 0.364. The first-order valence-corrected chi connectivity index (χ1v) is 13.1. The van der Waals surface area contributed by atoms with Gasteiger partial charge in [-0.1, -0.05) is 37.6 Å². The number of benzene rings is 1. The average Bonchev–Trinajstić information content (AvgIpc) is 2.76. The third kappa shape index (κ3) is 6.51. The Morgan fingerprint density at radius 1 is 1.14 bits per heavy atom. The molecule has 0 bridgehead atoms. The maximum atomic E-state index is 13.5. The van der Waals surface area contributed by atoms with E-state index in [1.165, 1.54) is 0 Å². The number of para-hydroxylation sites is 1. The van der Waals surface area contributed by atoms with E-state index in [4.69, 9.17) is 30.8 Å². The molecule has 1 aliphatic heterocycles. The summed E-state index contributed by atoms with van der Waals surface area (Å²) in [6, 6.07) is 5.68. The first-order chi connectivity index (χ1) is 16.7. The number of anilines is 1. The Morgan fingerprint density at radius 3 is 2.33 bits per heavy atom. The van der Waals surface area contributed by atoms with Crippen LogP contribution in [0.25, 0.3) is 11.1 Å². The molecule has 3 rings (SSSR count). The standard InChI is InChI=1S/C29H41ClN2O4/c1-18(2)35-27(33)26(36-28(4,5)6)23-19(3)31-17-21(20-11-10-12-22(30)25(20)34-9)24(23)32-15-13-29(7,8)14-16-32/h10-12,17-18,26H,13-16H2,1-9H3/t26-/m0/s1. The fraction of sp³-hybridized carbons (Fsp3) is 0.586. The van der Waals surface area contributed by atoms with Gasteiger partial charge in [0.2, 0.25) is 0 Å². The van der Waals surface area contributed by atoms with E-state index in [1.807, 2.05) is 59.9 Å². The number of carbonyl (C=O) groups is 1. The number of rotatable bonds is 7. The van der Waals surface area contributed by atoms with Gasteiger partial charge in [0, 0.05) is 41.7 Å². The van der Waals surface area contributed by atoms with Crippen molar-refractivity contribution in [2.45, 2.75) is 86.0 Å². The van der Waals surface area contributed by atoms with Gasteiger partial charge in [0.15, 0.2) is 6.10 Å². The van der Waals surface area contributed by atoms with E-state index in [1.54, 1.807) is 13.2 Å². The Hall–Kier alpha value is -2.31. The van der Waals surface area contributed by atoms with Crippen molar-refractivity contribution in [3.63, 3.8) is 0 Å². The van der Waals surface area contributed by atoms with Gasteiger partial charge < -0.3 is 19.1 Å². The minimum Gasteiger partial charge on any atom is -0.495 e. The van der Waals surface area contributed by atoms with Gasteiger partial charge in [-0.15, -0.1) is 0 Å². The zero-order valence-corrected chi connectivity index (χ0v) is 24.0. The van der Waals surface area contributed by atoms with Crippen LogP contribution < -0.4 is 9.64 Å². The summed E-state index contributed by atoms with van der Waals surface area (Å²) in [5, 5.41) is 0.518. The number of carbonyl (C=O) groups excluding carboxylic acids is 1. The molecule has 0 amide bonds. The lowest BCUT2D eigenvalue weighted by molar-refractivity contribution is -0.171. The second-order valence-electron chi connectivity index (χ2n) is 11.6. The van der Waals surface area contributed by atoms with E-state index >= 15 is 0 Å². The number of aryl methyl sites for hydroxylation is 1. The number of nitrogens with zero attached hydrogens (tertiary/aromatic N) is 2. The van der Waals surface area contributed by atoms with E-state index < -0.39 is 17.7 Å².